The first kappa shape index (κ1) is 13.1. The van der Waals surface area contributed by atoms with E-state index in [2.05, 4.69) is 26.9 Å². The summed E-state index contributed by atoms with van der Waals surface area (Å²) in [5.74, 6) is 0.904. The van der Waals surface area contributed by atoms with Gasteiger partial charge in [0.2, 0.25) is 0 Å². The third-order valence-corrected chi connectivity index (χ3v) is 3.69. The van der Waals surface area contributed by atoms with Gasteiger partial charge in [0.15, 0.2) is 0 Å². The van der Waals surface area contributed by atoms with Gasteiger partial charge in [0.25, 0.3) is 0 Å². The summed E-state index contributed by atoms with van der Waals surface area (Å²) in [6.07, 6.45) is 4.54. The van der Waals surface area contributed by atoms with Crippen LogP contribution in [0.5, 0.6) is 0 Å². The van der Waals surface area contributed by atoms with Crippen LogP contribution in [0.25, 0.3) is 10.9 Å². The Kier molecular flexibility index (Phi) is 3.46. The molecule has 2 heterocycles. The van der Waals surface area contributed by atoms with Crippen molar-refractivity contribution in [2.24, 2.45) is 12.8 Å². The van der Waals surface area contributed by atoms with Crippen LogP contribution in [0.2, 0.25) is 5.02 Å². The van der Waals surface area contributed by atoms with Crippen molar-refractivity contribution in [2.45, 2.75) is 13.0 Å². The summed E-state index contributed by atoms with van der Waals surface area (Å²) < 4.78 is 3.93. The van der Waals surface area contributed by atoms with E-state index in [0.717, 1.165) is 22.8 Å². The molecule has 3 rings (SSSR count). The molecule has 6 heteroatoms. The number of nitrogens with zero attached hydrogens (tertiary/aromatic N) is 4. The number of hydrogen-bond acceptors (Lipinski definition) is 3. The lowest BCUT2D eigenvalue weighted by molar-refractivity contribution is 0.663. The Morgan fingerprint density at radius 1 is 1.35 bits per heavy atom. The molecule has 0 bridgehead atoms. The number of rotatable bonds is 4. The molecule has 104 valence electrons. The van der Waals surface area contributed by atoms with E-state index in [1.165, 1.54) is 10.9 Å². The molecule has 3 aromatic rings. The molecule has 5 nitrogen and oxygen atoms in total. The van der Waals surface area contributed by atoms with Crippen molar-refractivity contribution in [3.05, 3.63) is 47.1 Å². The summed E-state index contributed by atoms with van der Waals surface area (Å²) in [5.41, 5.74) is 8.03. The van der Waals surface area contributed by atoms with E-state index in [1.807, 2.05) is 19.2 Å². The lowest BCUT2D eigenvalue weighted by atomic mass is 10.1. The van der Waals surface area contributed by atoms with Crippen LogP contribution in [-0.2, 0) is 20.0 Å². The van der Waals surface area contributed by atoms with Gasteiger partial charge in [0.1, 0.15) is 12.2 Å². The van der Waals surface area contributed by atoms with Crippen molar-refractivity contribution in [1.82, 2.24) is 19.3 Å². The van der Waals surface area contributed by atoms with E-state index in [4.69, 9.17) is 17.3 Å². The number of benzene rings is 1. The second-order valence-electron chi connectivity index (χ2n) is 4.78. The molecule has 0 aliphatic carbocycles. The van der Waals surface area contributed by atoms with Gasteiger partial charge >= 0.3 is 0 Å². The van der Waals surface area contributed by atoms with Crippen LogP contribution in [0.3, 0.4) is 0 Å². The monoisotopic (exact) mass is 289 g/mol. The van der Waals surface area contributed by atoms with Crippen LogP contribution in [0.4, 0.5) is 0 Å². The molecule has 0 fully saturated rings. The second-order valence-corrected chi connectivity index (χ2v) is 5.22. The summed E-state index contributed by atoms with van der Waals surface area (Å²) in [5, 5.41) is 6.03. The number of hydrogen-bond donors (Lipinski definition) is 1. The number of halogens is 1. The van der Waals surface area contributed by atoms with Gasteiger partial charge in [-0.2, -0.15) is 5.10 Å². The normalized spacial score (nSPS) is 11.3. The number of aromatic nitrogens is 4. The number of fused-ring (bicyclic) bond motifs is 1. The minimum atomic E-state index is 0.631. The molecule has 20 heavy (non-hydrogen) atoms. The maximum Gasteiger partial charge on any atom is 0.146 e. The molecule has 2 aromatic heterocycles. The van der Waals surface area contributed by atoms with E-state index >= 15 is 0 Å². The van der Waals surface area contributed by atoms with Crippen molar-refractivity contribution >= 4 is 22.5 Å². The molecule has 0 radical (unpaired) electrons. The van der Waals surface area contributed by atoms with Gasteiger partial charge in [-0.1, -0.05) is 17.7 Å². The molecule has 0 aliphatic rings. The van der Waals surface area contributed by atoms with Gasteiger partial charge in [-0.25, -0.2) is 4.98 Å². The van der Waals surface area contributed by atoms with Gasteiger partial charge in [-0.15, -0.1) is 0 Å². The largest absolute Gasteiger partial charge is 0.340 e. The van der Waals surface area contributed by atoms with E-state index in [1.54, 1.807) is 11.0 Å². The first-order chi connectivity index (χ1) is 9.69. The first-order valence-corrected chi connectivity index (χ1v) is 6.87. The maximum absolute atomic E-state index is 6.12. The predicted octanol–water partition coefficient (Wildman–Crippen LogP) is 1.97. The van der Waals surface area contributed by atoms with Gasteiger partial charge in [-0.3, -0.25) is 4.68 Å². The average molecular weight is 290 g/mol. The molecule has 0 saturated carbocycles. The first-order valence-electron chi connectivity index (χ1n) is 6.49. The van der Waals surface area contributed by atoms with Crippen molar-refractivity contribution in [3.63, 3.8) is 0 Å². The zero-order valence-corrected chi connectivity index (χ0v) is 12.0. The molecular formula is C14H16ClN5. The average Bonchev–Trinajstić information content (AvgIpc) is 2.96. The van der Waals surface area contributed by atoms with Gasteiger partial charge in [0, 0.05) is 23.7 Å². The fourth-order valence-corrected chi connectivity index (χ4v) is 2.61. The summed E-state index contributed by atoms with van der Waals surface area (Å²) in [6.45, 7) is 1.30. The Bertz CT molecular complexity index is 743. The quantitative estimate of drug-likeness (QED) is 0.799. The summed E-state index contributed by atoms with van der Waals surface area (Å²) in [4.78, 5) is 4.27. The Hall–Kier alpha value is -1.85. The molecular weight excluding hydrogens is 274 g/mol. The Labute approximate surface area is 122 Å². The van der Waals surface area contributed by atoms with E-state index in [9.17, 15) is 0 Å². The van der Waals surface area contributed by atoms with Crippen molar-refractivity contribution in [1.29, 1.82) is 0 Å². The fourth-order valence-electron chi connectivity index (χ4n) is 2.44. The third-order valence-electron chi connectivity index (χ3n) is 3.46. The molecule has 0 saturated heterocycles. The smallest absolute Gasteiger partial charge is 0.146 e. The summed E-state index contributed by atoms with van der Waals surface area (Å²) in [6, 6.07) is 5.94. The molecule has 0 atom stereocenters. The Balaban J connectivity index is 2.09. The Morgan fingerprint density at radius 2 is 2.20 bits per heavy atom. The van der Waals surface area contributed by atoms with Crippen LogP contribution in [0.15, 0.2) is 30.7 Å². The van der Waals surface area contributed by atoms with Gasteiger partial charge < -0.3 is 10.3 Å². The van der Waals surface area contributed by atoms with Crippen molar-refractivity contribution in [2.75, 3.05) is 6.54 Å². The van der Waals surface area contributed by atoms with Crippen molar-refractivity contribution < 1.29 is 0 Å². The van der Waals surface area contributed by atoms with Crippen LogP contribution in [-0.4, -0.2) is 25.9 Å². The van der Waals surface area contributed by atoms with Gasteiger partial charge in [-0.05, 0) is 30.7 Å². The zero-order chi connectivity index (χ0) is 14.1. The van der Waals surface area contributed by atoms with Crippen LogP contribution < -0.4 is 5.73 Å². The van der Waals surface area contributed by atoms with Crippen LogP contribution >= 0.6 is 11.6 Å². The highest BCUT2D eigenvalue weighted by Crippen LogP contribution is 2.25. The van der Waals surface area contributed by atoms with Gasteiger partial charge in [0.05, 0.1) is 12.1 Å². The SMILES string of the molecule is Cn1ncnc1Cn1cc(CCN)c2ccc(Cl)cc21. The zero-order valence-electron chi connectivity index (χ0n) is 11.3. The molecule has 0 unspecified atom stereocenters. The standard InChI is InChI=1S/C14H16ClN5/c1-19-14(17-9-18-19)8-20-7-10(4-5-16)12-3-2-11(15)6-13(12)20/h2-3,6-7,9H,4-5,8,16H2,1H3. The highest BCUT2D eigenvalue weighted by atomic mass is 35.5. The topological polar surface area (TPSA) is 61.7 Å². The Morgan fingerprint density at radius 3 is 2.90 bits per heavy atom. The molecule has 0 spiro atoms. The summed E-state index contributed by atoms with van der Waals surface area (Å²) in [7, 11) is 1.89. The lowest BCUT2D eigenvalue weighted by Gasteiger charge is -2.04. The van der Waals surface area contributed by atoms with E-state index in [-0.39, 0.29) is 0 Å². The second kappa shape index (κ2) is 5.26. The predicted molar refractivity (Wildman–Crippen MR) is 79.8 cm³/mol. The van der Waals surface area contributed by atoms with Crippen molar-refractivity contribution in [3.8, 4) is 0 Å². The molecule has 1 aromatic carbocycles. The maximum atomic E-state index is 6.12. The lowest BCUT2D eigenvalue weighted by Crippen LogP contribution is -2.06. The number of nitrogens with two attached hydrogens (primary N) is 1. The number of aryl methyl sites for hydroxylation is 1. The summed E-state index contributed by atoms with van der Waals surface area (Å²) >= 11 is 6.12. The molecule has 0 aliphatic heterocycles. The fraction of sp³-hybridized carbons (Fsp3) is 0.286. The third kappa shape index (κ3) is 2.30. The van der Waals surface area contributed by atoms with E-state index in [0.29, 0.717) is 13.1 Å². The van der Waals surface area contributed by atoms with Crippen LogP contribution in [0, 0.1) is 0 Å². The highest BCUT2D eigenvalue weighted by molar-refractivity contribution is 6.31. The molecule has 2 N–H and O–H groups in total. The molecule has 0 amide bonds. The van der Waals surface area contributed by atoms with E-state index < -0.39 is 0 Å². The minimum Gasteiger partial charge on any atom is -0.340 e. The highest BCUT2D eigenvalue weighted by Gasteiger charge is 2.10. The van der Waals surface area contributed by atoms with Crippen LogP contribution in [0.1, 0.15) is 11.4 Å². The minimum absolute atomic E-state index is 0.631.